The molecule has 11 heteroatoms. The lowest BCUT2D eigenvalue weighted by atomic mass is 10.2. The topological polar surface area (TPSA) is 132 Å². The molecule has 0 rings (SSSR count). The van der Waals surface area contributed by atoms with Crippen molar-refractivity contribution in [3.63, 3.8) is 0 Å². The number of carbonyl (C=O) groups is 4. The van der Waals surface area contributed by atoms with Gasteiger partial charge in [-0.1, -0.05) is 41.5 Å². The highest BCUT2D eigenvalue weighted by atomic mass is 16.8. The Bertz CT molecular complexity index is 728. The van der Waals surface area contributed by atoms with Gasteiger partial charge in [0.1, 0.15) is 22.6 Å². The van der Waals surface area contributed by atoms with Crippen LogP contribution >= 0.6 is 0 Å². The van der Waals surface area contributed by atoms with Gasteiger partial charge in [0, 0.05) is 26.1 Å². The van der Waals surface area contributed by atoms with Gasteiger partial charge < -0.3 is 34.5 Å². The van der Waals surface area contributed by atoms with Crippen LogP contribution in [0.15, 0.2) is 0 Å². The highest BCUT2D eigenvalue weighted by molar-refractivity contribution is 5.80. The predicted molar refractivity (Wildman–Crippen MR) is 179 cm³/mol. The third-order valence-electron chi connectivity index (χ3n) is 4.63. The molecule has 0 atom stereocenters. The van der Waals surface area contributed by atoms with Gasteiger partial charge >= 0.3 is 18.4 Å². The summed E-state index contributed by atoms with van der Waals surface area (Å²) in [4.78, 5) is 46.7. The Morgan fingerprint density at radius 1 is 0.591 bits per heavy atom. The molecule has 0 unspecified atom stereocenters. The molecule has 44 heavy (non-hydrogen) atoms. The molecule has 11 nitrogen and oxygen atoms in total. The Hall–Kier alpha value is -2.40. The molecule has 1 amide bonds. The van der Waals surface area contributed by atoms with E-state index >= 15 is 0 Å². The van der Waals surface area contributed by atoms with E-state index in [1.54, 1.807) is 46.4 Å². The van der Waals surface area contributed by atoms with Crippen molar-refractivity contribution in [3.8, 4) is 0 Å². The summed E-state index contributed by atoms with van der Waals surface area (Å²) in [7, 11) is 0. The van der Waals surface area contributed by atoms with Gasteiger partial charge in [-0.25, -0.2) is 14.4 Å². The largest absolute Gasteiger partial charge is 0.519 e. The smallest absolute Gasteiger partial charge is 0.444 e. The van der Waals surface area contributed by atoms with Gasteiger partial charge in [-0.05, 0) is 101 Å². The molecular weight excluding hydrogens is 566 g/mol. The number of nitrogens with zero attached hydrogens (tertiary/aromatic N) is 1. The molecule has 0 aliphatic rings. The second-order valence-corrected chi connectivity index (χ2v) is 13.1. The molecule has 0 aromatic heterocycles. The van der Waals surface area contributed by atoms with E-state index in [1.807, 2.05) is 20.8 Å². The highest BCUT2D eigenvalue weighted by Gasteiger charge is 2.24. The second-order valence-electron chi connectivity index (χ2n) is 13.1. The average molecular weight is 636 g/mol. The number of ketones is 1. The summed E-state index contributed by atoms with van der Waals surface area (Å²) in [5.74, 6) is 0.348. The summed E-state index contributed by atoms with van der Waals surface area (Å²) in [6.07, 6.45) is 3.72. The van der Waals surface area contributed by atoms with Crippen LogP contribution in [0.5, 0.6) is 0 Å². The lowest BCUT2D eigenvalue weighted by Gasteiger charge is -2.27. The van der Waals surface area contributed by atoms with Crippen LogP contribution in [0, 0.1) is 0 Å². The van der Waals surface area contributed by atoms with E-state index in [0.29, 0.717) is 18.9 Å². The zero-order valence-corrected chi connectivity index (χ0v) is 29.7. The number of hydrogen-bond acceptors (Lipinski definition) is 10. The van der Waals surface area contributed by atoms with Gasteiger partial charge in [0.2, 0.25) is 0 Å². The molecule has 0 fully saturated rings. The van der Waals surface area contributed by atoms with Crippen LogP contribution in [0.1, 0.15) is 136 Å². The van der Waals surface area contributed by atoms with Crippen molar-refractivity contribution >= 4 is 24.2 Å². The minimum Gasteiger partial charge on any atom is -0.444 e. The van der Waals surface area contributed by atoms with Crippen molar-refractivity contribution in [3.05, 3.63) is 0 Å². The van der Waals surface area contributed by atoms with E-state index in [2.05, 4.69) is 43.1 Å². The van der Waals surface area contributed by atoms with Crippen molar-refractivity contribution in [1.82, 2.24) is 15.5 Å². The SMILES string of the molecule is C.CC(C)(C)OC(=O)OC(=O)OC(C)(C)C.CCCCC(=O)CNCCC.CCCNCCN(CCC)C(=O)OC(C)(C)C. The van der Waals surface area contributed by atoms with E-state index in [1.165, 1.54) is 0 Å². The molecule has 0 aliphatic heterocycles. The minimum absolute atomic E-state index is 0. The Labute approximate surface area is 269 Å². The zero-order valence-electron chi connectivity index (χ0n) is 29.7. The summed E-state index contributed by atoms with van der Waals surface area (Å²) in [5.41, 5.74) is -1.81. The van der Waals surface area contributed by atoms with Gasteiger partial charge in [0.15, 0.2) is 0 Å². The van der Waals surface area contributed by atoms with E-state index in [-0.39, 0.29) is 13.5 Å². The first kappa shape index (κ1) is 48.5. The number of amides is 1. The monoisotopic (exact) mass is 636 g/mol. The van der Waals surface area contributed by atoms with E-state index in [4.69, 9.17) is 14.2 Å². The summed E-state index contributed by atoms with van der Waals surface area (Å²) in [5, 5.41) is 6.39. The van der Waals surface area contributed by atoms with Crippen molar-refractivity contribution in [2.24, 2.45) is 0 Å². The van der Waals surface area contributed by atoms with Gasteiger partial charge in [-0.15, -0.1) is 0 Å². The molecule has 0 aliphatic carbocycles. The number of Topliss-reactive ketones (excluding diaryl/α,β-unsaturated/α-hetero) is 1. The number of nitrogens with one attached hydrogen (secondary N) is 2. The molecule has 0 heterocycles. The fourth-order valence-electron chi connectivity index (χ4n) is 2.88. The zero-order chi connectivity index (χ0) is 34.1. The standard InChI is InChI=1S/C13H28N2O2.C10H18O5.C9H19NO.CH4/c1-6-8-14-9-11-15(10-7-2)12(16)17-13(3,4)5;1-9(2,3)14-7(11)13-8(12)15-10(4,5)6;1-3-5-6-9(11)8-10-7-4-2;/h14H,6-11H2,1-5H3;1-6H3;10H,3-8H2,1-2H3;1H4. The van der Waals surface area contributed by atoms with E-state index < -0.39 is 29.1 Å². The predicted octanol–water partition coefficient (Wildman–Crippen LogP) is 7.89. The Morgan fingerprint density at radius 2 is 1.05 bits per heavy atom. The lowest BCUT2D eigenvalue weighted by molar-refractivity contribution is -0.118. The summed E-state index contributed by atoms with van der Waals surface area (Å²) < 4.78 is 19.2. The van der Waals surface area contributed by atoms with Crippen LogP contribution in [0.25, 0.3) is 0 Å². The average Bonchev–Trinajstić information content (AvgIpc) is 2.82. The molecule has 0 bridgehead atoms. The van der Waals surface area contributed by atoms with Crippen molar-refractivity contribution in [2.45, 2.75) is 153 Å². The quantitative estimate of drug-likeness (QED) is 0.0840. The molecule has 264 valence electrons. The summed E-state index contributed by atoms with van der Waals surface area (Å²) >= 11 is 0. The maximum Gasteiger partial charge on any atom is 0.519 e. The third kappa shape index (κ3) is 39.6. The first-order chi connectivity index (χ1) is 19.7. The highest BCUT2D eigenvalue weighted by Crippen LogP contribution is 2.12. The van der Waals surface area contributed by atoms with Gasteiger partial charge in [0.05, 0.1) is 6.54 Å². The Kier molecular flexibility index (Phi) is 29.7. The molecule has 0 spiro atoms. The first-order valence-electron chi connectivity index (χ1n) is 15.8. The van der Waals surface area contributed by atoms with Crippen LogP contribution < -0.4 is 10.6 Å². The third-order valence-corrected chi connectivity index (χ3v) is 4.63. The Balaban J connectivity index is -0.000000276. The van der Waals surface area contributed by atoms with Gasteiger partial charge in [-0.3, -0.25) is 4.79 Å². The molecule has 0 aromatic rings. The first-order valence-corrected chi connectivity index (χ1v) is 15.8. The number of ether oxygens (including phenoxy) is 4. The van der Waals surface area contributed by atoms with Crippen LogP contribution in [0.4, 0.5) is 14.4 Å². The normalized spacial score (nSPS) is 10.9. The summed E-state index contributed by atoms with van der Waals surface area (Å²) in [6, 6.07) is 0. The molecule has 2 N–H and O–H groups in total. The fraction of sp³-hybridized carbons (Fsp3) is 0.879. The number of rotatable bonds is 14. The van der Waals surface area contributed by atoms with E-state index in [9.17, 15) is 19.2 Å². The summed E-state index contributed by atoms with van der Waals surface area (Å²) in [6.45, 7) is 28.9. The van der Waals surface area contributed by atoms with Crippen molar-refractivity contribution in [1.29, 1.82) is 0 Å². The molecule has 0 saturated carbocycles. The van der Waals surface area contributed by atoms with Gasteiger partial charge in [-0.2, -0.15) is 0 Å². The molecule has 0 radical (unpaired) electrons. The van der Waals surface area contributed by atoms with Crippen LogP contribution in [0.3, 0.4) is 0 Å². The van der Waals surface area contributed by atoms with Crippen molar-refractivity contribution in [2.75, 3.05) is 39.3 Å². The van der Waals surface area contributed by atoms with Crippen molar-refractivity contribution < 1.29 is 38.1 Å². The molecule has 0 saturated heterocycles. The molecular formula is C33H69N3O8. The lowest BCUT2D eigenvalue weighted by Crippen LogP contribution is -2.41. The van der Waals surface area contributed by atoms with E-state index in [0.717, 1.165) is 64.7 Å². The maximum atomic E-state index is 11.9. The van der Waals surface area contributed by atoms with Crippen LogP contribution in [0.2, 0.25) is 0 Å². The number of unbranched alkanes of at least 4 members (excludes halogenated alkanes) is 1. The Morgan fingerprint density at radius 3 is 1.43 bits per heavy atom. The maximum absolute atomic E-state index is 11.9. The minimum atomic E-state index is -1.06. The number of carbonyl (C=O) groups excluding carboxylic acids is 4. The molecule has 0 aromatic carbocycles. The van der Waals surface area contributed by atoms with Gasteiger partial charge in [0.25, 0.3) is 0 Å². The second kappa shape index (κ2) is 27.0. The van der Waals surface area contributed by atoms with Crippen LogP contribution in [-0.4, -0.2) is 85.2 Å². The number of hydrogen-bond donors (Lipinski definition) is 2. The van der Waals surface area contributed by atoms with Crippen LogP contribution in [-0.2, 0) is 23.7 Å². The fourth-order valence-corrected chi connectivity index (χ4v) is 2.88.